The third-order valence-corrected chi connectivity index (χ3v) is 7.04. The minimum Gasteiger partial charge on any atom is -0.494 e. The zero-order valence-electron chi connectivity index (χ0n) is 21.4. The van der Waals surface area contributed by atoms with Crippen LogP contribution < -0.4 is 21.1 Å². The van der Waals surface area contributed by atoms with Gasteiger partial charge < -0.3 is 25.0 Å². The van der Waals surface area contributed by atoms with Crippen LogP contribution in [-0.2, 0) is 10.2 Å². The third kappa shape index (κ3) is 8.31. The molecule has 36 heavy (non-hydrogen) atoms. The molecule has 4 N–H and O–H groups in total. The second-order valence-corrected chi connectivity index (χ2v) is 10.2. The van der Waals surface area contributed by atoms with E-state index in [1.54, 1.807) is 12.1 Å². The van der Waals surface area contributed by atoms with E-state index in [1.807, 2.05) is 31.2 Å². The van der Waals surface area contributed by atoms with E-state index in [4.69, 9.17) is 42.6 Å². The second kappa shape index (κ2) is 14.3. The number of halogens is 2. The maximum absolute atomic E-state index is 9.05. The van der Waals surface area contributed by atoms with Crippen LogP contribution in [0.25, 0.3) is 0 Å². The number of hydrogen-bond donors (Lipinski definition) is 2. The lowest BCUT2D eigenvalue weighted by Gasteiger charge is -2.27. The lowest BCUT2D eigenvalue weighted by molar-refractivity contribution is 0.217. The highest BCUT2D eigenvalue weighted by Crippen LogP contribution is 2.36. The molecule has 0 spiro atoms. The van der Waals surface area contributed by atoms with Gasteiger partial charge in [0.1, 0.15) is 18.1 Å². The fourth-order valence-corrected chi connectivity index (χ4v) is 4.14. The van der Waals surface area contributed by atoms with E-state index in [2.05, 4.69) is 54.0 Å². The van der Waals surface area contributed by atoms with Gasteiger partial charge in [-0.2, -0.15) is 5.26 Å². The Kier molecular flexibility index (Phi) is 11.9. The van der Waals surface area contributed by atoms with E-state index in [-0.39, 0.29) is 23.8 Å². The molecular formula is C27H36BrClN4O3. The summed E-state index contributed by atoms with van der Waals surface area (Å²) in [5.41, 5.74) is 9.41. The standard InChI is InChI=1S/C27H36BrClN4O3/c1-19(25(31)18-34-4)33(32)12-5-13-35-23-9-6-21(7-10-23)27(2,3)22-8-11-26(24(28)14-22)36-17-20(15-29)16-30/h6-11,14,20H,5,12-13,15,17-18,31-32H2,1-4H3/b25-19-/t20-/m1/s1. The maximum atomic E-state index is 9.05. The van der Waals surface area contributed by atoms with E-state index >= 15 is 0 Å². The van der Waals surface area contributed by atoms with Gasteiger partial charge in [-0.3, -0.25) is 0 Å². The van der Waals surface area contributed by atoms with Crippen LogP contribution in [0.5, 0.6) is 11.5 Å². The van der Waals surface area contributed by atoms with Crippen molar-refractivity contribution >= 4 is 27.5 Å². The van der Waals surface area contributed by atoms with Crippen molar-refractivity contribution in [1.82, 2.24) is 5.01 Å². The summed E-state index contributed by atoms with van der Waals surface area (Å²) in [6.07, 6.45) is 0.754. The molecule has 0 amide bonds. The third-order valence-electron chi connectivity index (χ3n) is 6.05. The van der Waals surface area contributed by atoms with Crippen molar-refractivity contribution in [3.05, 3.63) is 69.5 Å². The van der Waals surface area contributed by atoms with Crippen molar-refractivity contribution in [2.75, 3.05) is 39.4 Å². The Morgan fingerprint density at radius 3 is 2.42 bits per heavy atom. The van der Waals surface area contributed by atoms with Crippen LogP contribution in [0.4, 0.5) is 0 Å². The second-order valence-electron chi connectivity index (χ2n) is 9.02. The lowest BCUT2D eigenvalue weighted by Crippen LogP contribution is -2.33. The molecular weight excluding hydrogens is 544 g/mol. The molecule has 2 rings (SSSR count). The average molecular weight is 580 g/mol. The van der Waals surface area contributed by atoms with Gasteiger partial charge in [-0.05, 0) is 58.2 Å². The van der Waals surface area contributed by atoms with E-state index in [1.165, 1.54) is 0 Å². The van der Waals surface area contributed by atoms with Gasteiger partial charge in [0.2, 0.25) is 0 Å². The molecule has 0 unspecified atom stereocenters. The minimum atomic E-state index is -0.342. The number of nitrogens with two attached hydrogens (primary N) is 2. The molecule has 2 aromatic rings. The fourth-order valence-electron chi connectivity index (χ4n) is 3.48. The normalized spacial score (nSPS) is 12.9. The van der Waals surface area contributed by atoms with Gasteiger partial charge >= 0.3 is 0 Å². The summed E-state index contributed by atoms with van der Waals surface area (Å²) in [4.78, 5) is 0. The Hall–Kier alpha value is -2.44. The topological polar surface area (TPSA) is 107 Å². The van der Waals surface area contributed by atoms with E-state index in [0.29, 0.717) is 31.2 Å². The summed E-state index contributed by atoms with van der Waals surface area (Å²) in [5.74, 6) is 7.46. The average Bonchev–Trinajstić information content (AvgIpc) is 2.87. The number of nitrogens with zero attached hydrogens (tertiary/aromatic N) is 2. The van der Waals surface area contributed by atoms with Gasteiger partial charge in [0, 0.05) is 37.1 Å². The number of alkyl halides is 1. The first-order valence-electron chi connectivity index (χ1n) is 11.7. The molecule has 1 atom stereocenters. The molecule has 0 bridgehead atoms. The van der Waals surface area contributed by atoms with Crippen LogP contribution >= 0.6 is 27.5 Å². The Morgan fingerprint density at radius 1 is 1.17 bits per heavy atom. The quantitative estimate of drug-likeness (QED) is 0.135. The van der Waals surface area contributed by atoms with Crippen LogP contribution in [0.1, 0.15) is 38.3 Å². The number of hydrazine groups is 1. The molecule has 0 radical (unpaired) electrons. The smallest absolute Gasteiger partial charge is 0.133 e. The number of nitriles is 1. The van der Waals surface area contributed by atoms with Crippen molar-refractivity contribution in [2.45, 2.75) is 32.6 Å². The number of benzene rings is 2. The van der Waals surface area contributed by atoms with E-state index in [0.717, 1.165) is 33.5 Å². The number of hydrogen-bond acceptors (Lipinski definition) is 7. The fraction of sp³-hybridized carbons (Fsp3) is 0.444. The Bertz CT molecular complexity index is 1050. The molecule has 0 aliphatic heterocycles. The van der Waals surface area contributed by atoms with E-state index < -0.39 is 0 Å². The van der Waals surface area contributed by atoms with Crippen molar-refractivity contribution in [2.24, 2.45) is 17.5 Å². The first kappa shape index (κ1) is 29.8. The molecule has 0 aliphatic carbocycles. The van der Waals surface area contributed by atoms with Crippen LogP contribution in [0.2, 0.25) is 0 Å². The SMILES string of the molecule is COC/C(N)=C(\C)N(N)CCCOc1ccc(C(C)(C)c2ccc(OC[C@@H](C#N)CCl)c(Br)c2)cc1. The number of ether oxygens (including phenoxy) is 3. The van der Waals surface area contributed by atoms with Crippen molar-refractivity contribution in [1.29, 1.82) is 5.26 Å². The summed E-state index contributed by atoms with van der Waals surface area (Å²) in [6, 6.07) is 16.3. The van der Waals surface area contributed by atoms with Gasteiger partial charge in [-0.15, -0.1) is 11.6 Å². The number of rotatable bonds is 14. The molecule has 7 nitrogen and oxygen atoms in total. The molecule has 0 aliphatic rings. The summed E-state index contributed by atoms with van der Waals surface area (Å²) in [5, 5.41) is 10.7. The molecule has 0 fully saturated rings. The molecule has 196 valence electrons. The van der Waals surface area contributed by atoms with Crippen molar-refractivity contribution in [3.8, 4) is 17.6 Å². The predicted octanol–water partition coefficient (Wildman–Crippen LogP) is 5.31. The highest BCUT2D eigenvalue weighted by Gasteiger charge is 2.24. The van der Waals surface area contributed by atoms with Gasteiger partial charge in [0.15, 0.2) is 0 Å². The van der Waals surface area contributed by atoms with Crippen molar-refractivity contribution in [3.63, 3.8) is 0 Å². The molecule has 0 saturated heterocycles. The largest absolute Gasteiger partial charge is 0.494 e. The molecule has 9 heteroatoms. The zero-order valence-corrected chi connectivity index (χ0v) is 23.7. The summed E-state index contributed by atoms with van der Waals surface area (Å²) >= 11 is 9.38. The monoisotopic (exact) mass is 578 g/mol. The first-order chi connectivity index (χ1) is 17.1. The van der Waals surface area contributed by atoms with Gasteiger partial charge in [-0.25, -0.2) is 5.84 Å². The lowest BCUT2D eigenvalue weighted by atomic mass is 9.78. The summed E-state index contributed by atoms with van der Waals surface area (Å²) in [7, 11) is 1.60. The van der Waals surface area contributed by atoms with E-state index in [9.17, 15) is 0 Å². The summed E-state index contributed by atoms with van der Waals surface area (Å²) in [6.45, 7) is 7.99. The van der Waals surface area contributed by atoms with Gasteiger partial charge in [0.05, 0.1) is 35.4 Å². The summed E-state index contributed by atoms with van der Waals surface area (Å²) < 4.78 is 17.6. The Labute approximate surface area is 228 Å². The van der Waals surface area contributed by atoms with Crippen LogP contribution in [0.15, 0.2) is 58.3 Å². The zero-order chi connectivity index (χ0) is 26.7. The molecule has 0 aromatic heterocycles. The Morgan fingerprint density at radius 2 is 1.83 bits per heavy atom. The maximum Gasteiger partial charge on any atom is 0.133 e. The Balaban J connectivity index is 1.95. The predicted molar refractivity (Wildman–Crippen MR) is 148 cm³/mol. The van der Waals surface area contributed by atoms with Crippen LogP contribution in [0.3, 0.4) is 0 Å². The molecule has 0 heterocycles. The highest BCUT2D eigenvalue weighted by atomic mass is 79.9. The van der Waals surface area contributed by atoms with Crippen LogP contribution in [-0.4, -0.2) is 44.4 Å². The van der Waals surface area contributed by atoms with Gasteiger partial charge in [-0.1, -0.05) is 32.0 Å². The number of allylic oxidation sites excluding steroid dienone is 1. The number of methoxy groups -OCH3 is 1. The minimum absolute atomic E-state index is 0.239. The van der Waals surface area contributed by atoms with Crippen molar-refractivity contribution < 1.29 is 14.2 Å². The van der Waals surface area contributed by atoms with Gasteiger partial charge in [0.25, 0.3) is 0 Å². The molecule has 2 aromatic carbocycles. The molecule has 0 saturated carbocycles. The highest BCUT2D eigenvalue weighted by molar-refractivity contribution is 9.10. The first-order valence-corrected chi connectivity index (χ1v) is 13.0. The van der Waals surface area contributed by atoms with Crippen LogP contribution in [0, 0.1) is 17.2 Å².